The fourth-order valence-corrected chi connectivity index (χ4v) is 2.92. The van der Waals surface area contributed by atoms with Gasteiger partial charge in [-0.05, 0) is 18.2 Å². The zero-order valence-corrected chi connectivity index (χ0v) is 15.2. The lowest BCUT2D eigenvalue weighted by Crippen LogP contribution is -2.23. The van der Waals surface area contributed by atoms with E-state index < -0.39 is 0 Å². The van der Waals surface area contributed by atoms with Gasteiger partial charge in [0, 0.05) is 24.5 Å². The summed E-state index contributed by atoms with van der Waals surface area (Å²) in [5.41, 5.74) is 0.989. The summed E-state index contributed by atoms with van der Waals surface area (Å²) >= 11 is 0. The molecule has 26 heavy (non-hydrogen) atoms. The van der Waals surface area contributed by atoms with Gasteiger partial charge in [0.25, 0.3) is 0 Å². The minimum absolute atomic E-state index is 0.587. The summed E-state index contributed by atoms with van der Waals surface area (Å²) in [5, 5.41) is 0. The van der Waals surface area contributed by atoms with Crippen LogP contribution in [0.2, 0.25) is 0 Å². The number of ether oxygens (including phenoxy) is 3. The van der Waals surface area contributed by atoms with Crippen LogP contribution < -0.4 is 14.2 Å². The lowest BCUT2D eigenvalue weighted by atomic mass is 10.1. The number of hydrogen-bond donors (Lipinski definition) is 1. The second kappa shape index (κ2) is 8.44. The van der Waals surface area contributed by atoms with Gasteiger partial charge in [-0.2, -0.15) is 0 Å². The van der Waals surface area contributed by atoms with Gasteiger partial charge in [-0.3, -0.25) is 4.90 Å². The van der Waals surface area contributed by atoms with E-state index in [1.807, 2.05) is 30.5 Å². The molecule has 0 aliphatic carbocycles. The molecule has 0 radical (unpaired) electrons. The van der Waals surface area contributed by atoms with Crippen molar-refractivity contribution < 1.29 is 18.6 Å². The summed E-state index contributed by atoms with van der Waals surface area (Å²) in [6.07, 6.45) is 5.24. The van der Waals surface area contributed by atoms with Crippen molar-refractivity contribution in [2.45, 2.75) is 19.6 Å². The third kappa shape index (κ3) is 4.00. The molecule has 1 aromatic carbocycles. The molecular weight excluding hydrogens is 334 g/mol. The maximum absolute atomic E-state index is 5.60. The highest BCUT2D eigenvalue weighted by atomic mass is 16.5. The Hall–Kier alpha value is -2.93. The zero-order chi connectivity index (χ0) is 18.4. The van der Waals surface area contributed by atoms with E-state index >= 15 is 0 Å². The lowest BCUT2D eigenvalue weighted by Gasteiger charge is -2.23. The Balaban J connectivity index is 1.87. The average Bonchev–Trinajstić information content (AvgIpc) is 3.35. The standard InChI is InChI=1S/C19H23N3O4/c1-23-16-7-6-14(18(24-2)19(16)25-3)11-22(12-15-5-4-10-26-15)13-17-20-8-9-21-17/h4-10H,11-13H2,1-3H3,(H,20,21). The molecule has 0 unspecified atom stereocenters. The number of H-pyrrole nitrogens is 1. The molecule has 7 nitrogen and oxygen atoms in total. The molecule has 0 aliphatic rings. The Kier molecular flexibility index (Phi) is 5.80. The van der Waals surface area contributed by atoms with E-state index in [9.17, 15) is 0 Å². The largest absolute Gasteiger partial charge is 0.493 e. The molecule has 7 heteroatoms. The van der Waals surface area contributed by atoms with Gasteiger partial charge in [0.1, 0.15) is 11.6 Å². The summed E-state index contributed by atoms with van der Waals surface area (Å²) in [4.78, 5) is 9.68. The van der Waals surface area contributed by atoms with Crippen molar-refractivity contribution in [3.05, 3.63) is 60.1 Å². The third-order valence-electron chi connectivity index (χ3n) is 4.07. The van der Waals surface area contributed by atoms with E-state index in [4.69, 9.17) is 18.6 Å². The van der Waals surface area contributed by atoms with Gasteiger partial charge in [-0.1, -0.05) is 6.07 Å². The van der Waals surface area contributed by atoms with Crippen molar-refractivity contribution in [1.82, 2.24) is 14.9 Å². The quantitative estimate of drug-likeness (QED) is 0.634. The van der Waals surface area contributed by atoms with Crippen molar-refractivity contribution in [3.8, 4) is 17.2 Å². The topological polar surface area (TPSA) is 72.8 Å². The van der Waals surface area contributed by atoms with Gasteiger partial charge in [-0.25, -0.2) is 4.98 Å². The van der Waals surface area contributed by atoms with Crippen LogP contribution in [-0.4, -0.2) is 36.2 Å². The highest BCUT2D eigenvalue weighted by molar-refractivity contribution is 5.55. The lowest BCUT2D eigenvalue weighted by molar-refractivity contribution is 0.217. The van der Waals surface area contributed by atoms with Crippen molar-refractivity contribution >= 4 is 0 Å². The van der Waals surface area contributed by atoms with E-state index in [-0.39, 0.29) is 0 Å². The Morgan fingerprint density at radius 2 is 1.85 bits per heavy atom. The fourth-order valence-electron chi connectivity index (χ4n) is 2.92. The monoisotopic (exact) mass is 357 g/mol. The SMILES string of the molecule is COc1ccc(CN(Cc2ncc[nH]2)Cc2ccco2)c(OC)c1OC. The van der Waals surface area contributed by atoms with Crippen LogP contribution in [0.25, 0.3) is 0 Å². The molecule has 2 heterocycles. The van der Waals surface area contributed by atoms with Crippen molar-refractivity contribution in [2.24, 2.45) is 0 Å². The van der Waals surface area contributed by atoms with Crippen LogP contribution in [0.4, 0.5) is 0 Å². The highest BCUT2D eigenvalue weighted by Crippen LogP contribution is 2.40. The zero-order valence-electron chi connectivity index (χ0n) is 15.2. The number of methoxy groups -OCH3 is 3. The van der Waals surface area contributed by atoms with Gasteiger partial charge in [0.15, 0.2) is 11.5 Å². The number of nitrogens with zero attached hydrogens (tertiary/aromatic N) is 2. The minimum atomic E-state index is 0.587. The van der Waals surface area contributed by atoms with Crippen LogP contribution in [0.5, 0.6) is 17.2 Å². The molecule has 0 saturated heterocycles. The van der Waals surface area contributed by atoms with E-state index in [0.717, 1.165) is 17.1 Å². The van der Waals surface area contributed by atoms with Gasteiger partial charge < -0.3 is 23.6 Å². The molecule has 0 atom stereocenters. The first-order valence-corrected chi connectivity index (χ1v) is 8.26. The first kappa shape index (κ1) is 17.9. The normalized spacial score (nSPS) is 10.9. The summed E-state index contributed by atoms with van der Waals surface area (Å²) in [6, 6.07) is 7.71. The highest BCUT2D eigenvalue weighted by Gasteiger charge is 2.19. The average molecular weight is 357 g/mol. The van der Waals surface area contributed by atoms with Gasteiger partial charge >= 0.3 is 0 Å². The van der Waals surface area contributed by atoms with Crippen LogP contribution in [0.15, 0.2) is 47.3 Å². The van der Waals surface area contributed by atoms with E-state index in [1.54, 1.807) is 33.8 Å². The Morgan fingerprint density at radius 1 is 1.00 bits per heavy atom. The molecular formula is C19H23N3O4. The third-order valence-corrected chi connectivity index (χ3v) is 4.07. The predicted molar refractivity (Wildman–Crippen MR) is 96.3 cm³/mol. The molecule has 1 N–H and O–H groups in total. The molecule has 0 saturated carbocycles. The number of imidazole rings is 1. The number of hydrogen-bond acceptors (Lipinski definition) is 6. The molecule has 0 bridgehead atoms. The minimum Gasteiger partial charge on any atom is -0.493 e. The van der Waals surface area contributed by atoms with Crippen LogP contribution in [0.3, 0.4) is 0 Å². The van der Waals surface area contributed by atoms with Gasteiger partial charge in [0.05, 0.1) is 40.7 Å². The molecule has 0 spiro atoms. The van der Waals surface area contributed by atoms with Crippen LogP contribution in [-0.2, 0) is 19.6 Å². The number of aromatic nitrogens is 2. The smallest absolute Gasteiger partial charge is 0.203 e. The maximum Gasteiger partial charge on any atom is 0.203 e. The van der Waals surface area contributed by atoms with E-state index in [1.165, 1.54) is 0 Å². The molecule has 0 fully saturated rings. The molecule has 3 aromatic rings. The molecule has 0 aliphatic heterocycles. The first-order valence-electron chi connectivity index (χ1n) is 8.26. The van der Waals surface area contributed by atoms with Crippen LogP contribution >= 0.6 is 0 Å². The summed E-state index contributed by atoms with van der Waals surface area (Å²) < 4.78 is 22.0. The van der Waals surface area contributed by atoms with Gasteiger partial charge in [0.2, 0.25) is 5.75 Å². The summed E-state index contributed by atoms with van der Waals surface area (Å²) in [7, 11) is 4.84. The predicted octanol–water partition coefficient (Wildman–Crippen LogP) is 3.23. The second-order valence-corrected chi connectivity index (χ2v) is 5.75. The van der Waals surface area contributed by atoms with Crippen molar-refractivity contribution in [1.29, 1.82) is 0 Å². The Bertz CT molecular complexity index is 764. The fraction of sp³-hybridized carbons (Fsp3) is 0.316. The van der Waals surface area contributed by atoms with Crippen molar-refractivity contribution in [2.75, 3.05) is 21.3 Å². The number of nitrogens with one attached hydrogen (secondary N) is 1. The Labute approximate surface area is 152 Å². The number of rotatable bonds is 9. The molecule has 3 rings (SSSR count). The van der Waals surface area contributed by atoms with E-state index in [2.05, 4.69) is 14.9 Å². The second-order valence-electron chi connectivity index (χ2n) is 5.75. The summed E-state index contributed by atoms with van der Waals surface area (Å²) in [6.45, 7) is 1.92. The van der Waals surface area contributed by atoms with Crippen molar-refractivity contribution in [3.63, 3.8) is 0 Å². The maximum atomic E-state index is 5.60. The first-order chi connectivity index (χ1) is 12.7. The molecule has 2 aromatic heterocycles. The molecule has 138 valence electrons. The number of aromatic amines is 1. The number of furan rings is 1. The summed E-state index contributed by atoms with van der Waals surface area (Å²) in [5.74, 6) is 3.66. The van der Waals surface area contributed by atoms with Crippen LogP contribution in [0, 0.1) is 0 Å². The molecule has 0 amide bonds. The van der Waals surface area contributed by atoms with E-state index in [0.29, 0.717) is 36.9 Å². The number of benzene rings is 1. The van der Waals surface area contributed by atoms with Gasteiger partial charge in [-0.15, -0.1) is 0 Å². The van der Waals surface area contributed by atoms with Crippen LogP contribution in [0.1, 0.15) is 17.1 Å². The Morgan fingerprint density at radius 3 is 2.46 bits per heavy atom.